The van der Waals surface area contributed by atoms with Gasteiger partial charge in [0.05, 0.1) is 13.2 Å². The van der Waals surface area contributed by atoms with Crippen LogP contribution in [0.1, 0.15) is 5.56 Å². The number of aliphatic imine (C=N–C) groups is 1. The molecule has 0 unspecified atom stereocenters. The van der Waals surface area contributed by atoms with Gasteiger partial charge in [0.15, 0.2) is 5.96 Å². The van der Waals surface area contributed by atoms with Gasteiger partial charge in [-0.05, 0) is 29.8 Å². The van der Waals surface area contributed by atoms with Gasteiger partial charge in [-0.2, -0.15) is 0 Å². The number of ether oxygens (including phenoxy) is 3. The third-order valence-electron chi connectivity index (χ3n) is 3.54. The minimum atomic E-state index is 0. The summed E-state index contributed by atoms with van der Waals surface area (Å²) >= 11 is 0. The molecule has 0 bridgehead atoms. The lowest BCUT2D eigenvalue weighted by molar-refractivity contribution is 0.146. The maximum atomic E-state index is 5.65. The monoisotopic (exact) mass is 485 g/mol. The second kappa shape index (κ2) is 14.1. The summed E-state index contributed by atoms with van der Waals surface area (Å²) in [5.74, 6) is 2.43. The van der Waals surface area contributed by atoms with Gasteiger partial charge in [0.25, 0.3) is 0 Å². The highest BCUT2D eigenvalue weighted by atomic mass is 127. The Labute approximate surface area is 178 Å². The van der Waals surface area contributed by atoms with Crippen LogP contribution >= 0.6 is 24.0 Å². The highest BCUT2D eigenvalue weighted by Crippen LogP contribution is 2.13. The summed E-state index contributed by atoms with van der Waals surface area (Å²) in [5.41, 5.74) is 1.11. The number of para-hydroxylation sites is 1. The molecule has 0 aromatic heterocycles. The third-order valence-corrected chi connectivity index (χ3v) is 3.54. The first-order valence-electron chi connectivity index (χ1n) is 8.65. The van der Waals surface area contributed by atoms with Crippen molar-refractivity contribution < 1.29 is 14.2 Å². The van der Waals surface area contributed by atoms with Gasteiger partial charge >= 0.3 is 0 Å². The topological polar surface area (TPSA) is 64.1 Å². The smallest absolute Gasteiger partial charge is 0.191 e. The van der Waals surface area contributed by atoms with Crippen LogP contribution in [0, 0.1) is 0 Å². The van der Waals surface area contributed by atoms with Gasteiger partial charge < -0.3 is 24.8 Å². The molecule has 2 aromatic rings. The predicted molar refractivity (Wildman–Crippen MR) is 119 cm³/mol. The normalized spacial score (nSPS) is 10.7. The summed E-state index contributed by atoms with van der Waals surface area (Å²) in [6.07, 6.45) is 0. The number of methoxy groups -OCH3 is 1. The number of halogens is 1. The quantitative estimate of drug-likeness (QED) is 0.235. The Bertz CT molecular complexity index is 669. The van der Waals surface area contributed by atoms with Gasteiger partial charge in [-0.3, -0.25) is 4.99 Å². The molecule has 0 heterocycles. The fraction of sp³-hybridized carbons (Fsp3) is 0.350. The van der Waals surface area contributed by atoms with E-state index in [2.05, 4.69) is 15.6 Å². The zero-order valence-corrected chi connectivity index (χ0v) is 18.1. The van der Waals surface area contributed by atoms with Crippen LogP contribution in [0.3, 0.4) is 0 Å². The van der Waals surface area contributed by atoms with Crippen LogP contribution in [0.5, 0.6) is 11.5 Å². The summed E-state index contributed by atoms with van der Waals surface area (Å²) in [6, 6.07) is 17.7. The van der Waals surface area contributed by atoms with E-state index in [0.717, 1.165) is 23.0 Å². The van der Waals surface area contributed by atoms with Gasteiger partial charge in [-0.1, -0.05) is 30.3 Å². The van der Waals surface area contributed by atoms with Crippen LogP contribution in [0.25, 0.3) is 0 Å². The lowest BCUT2D eigenvalue weighted by atomic mass is 10.2. The van der Waals surface area contributed by atoms with Crippen molar-refractivity contribution in [3.05, 3.63) is 60.2 Å². The lowest BCUT2D eigenvalue weighted by Gasteiger charge is -2.13. The molecular weight excluding hydrogens is 457 g/mol. The summed E-state index contributed by atoms with van der Waals surface area (Å²) in [7, 11) is 3.41. The Hall–Kier alpha value is -2.00. The van der Waals surface area contributed by atoms with E-state index in [1.54, 1.807) is 14.2 Å². The zero-order chi connectivity index (χ0) is 18.5. The first-order valence-corrected chi connectivity index (χ1v) is 8.65. The average molecular weight is 485 g/mol. The molecule has 2 rings (SSSR count). The van der Waals surface area contributed by atoms with E-state index >= 15 is 0 Å². The number of nitrogens with zero attached hydrogens (tertiary/aromatic N) is 1. The van der Waals surface area contributed by atoms with E-state index in [0.29, 0.717) is 32.9 Å². The minimum Gasteiger partial charge on any atom is -0.492 e. The molecule has 0 saturated heterocycles. The summed E-state index contributed by atoms with van der Waals surface area (Å²) in [5, 5.41) is 6.51. The van der Waals surface area contributed by atoms with Gasteiger partial charge in [-0.25, -0.2) is 0 Å². The molecule has 0 aliphatic heterocycles. The molecular formula is C20H28IN3O3. The lowest BCUT2D eigenvalue weighted by Crippen LogP contribution is -2.38. The predicted octanol–water partition coefficient (Wildman–Crippen LogP) is 3.07. The fourth-order valence-corrected chi connectivity index (χ4v) is 2.25. The molecule has 0 spiro atoms. The SMILES string of the molecule is CN=C(NCCOc1ccccc1)NCc1cccc(OCCOC)c1.I. The number of hydrogen-bond acceptors (Lipinski definition) is 4. The second-order valence-corrected chi connectivity index (χ2v) is 5.50. The van der Waals surface area contributed by atoms with Gasteiger partial charge in [0, 0.05) is 20.7 Å². The first kappa shape index (κ1) is 23.0. The van der Waals surface area contributed by atoms with E-state index in [-0.39, 0.29) is 24.0 Å². The molecule has 0 aliphatic rings. The third kappa shape index (κ3) is 9.48. The summed E-state index contributed by atoms with van der Waals surface area (Å²) < 4.78 is 16.3. The van der Waals surface area contributed by atoms with Crippen LogP contribution in [-0.2, 0) is 11.3 Å². The maximum Gasteiger partial charge on any atom is 0.191 e. The molecule has 7 heteroatoms. The molecule has 0 atom stereocenters. The Balaban J connectivity index is 0.00000364. The van der Waals surface area contributed by atoms with E-state index in [9.17, 15) is 0 Å². The van der Waals surface area contributed by atoms with Crippen molar-refractivity contribution in [3.63, 3.8) is 0 Å². The highest BCUT2D eigenvalue weighted by molar-refractivity contribution is 14.0. The van der Waals surface area contributed by atoms with Crippen molar-refractivity contribution in [2.45, 2.75) is 6.54 Å². The molecule has 148 valence electrons. The molecule has 2 N–H and O–H groups in total. The van der Waals surface area contributed by atoms with Crippen LogP contribution in [0.4, 0.5) is 0 Å². The van der Waals surface area contributed by atoms with Crippen LogP contribution < -0.4 is 20.1 Å². The largest absolute Gasteiger partial charge is 0.492 e. The van der Waals surface area contributed by atoms with Gasteiger partial charge in [0.1, 0.15) is 24.7 Å². The summed E-state index contributed by atoms with van der Waals surface area (Å²) in [4.78, 5) is 4.22. The van der Waals surface area contributed by atoms with Crippen LogP contribution in [0.15, 0.2) is 59.6 Å². The summed E-state index contributed by atoms with van der Waals surface area (Å²) in [6.45, 7) is 2.99. The van der Waals surface area contributed by atoms with Crippen molar-refractivity contribution in [3.8, 4) is 11.5 Å². The van der Waals surface area contributed by atoms with Crippen molar-refractivity contribution in [1.29, 1.82) is 0 Å². The highest BCUT2D eigenvalue weighted by Gasteiger charge is 2.01. The number of hydrogen-bond donors (Lipinski definition) is 2. The molecule has 0 fully saturated rings. The molecule has 0 saturated carbocycles. The fourth-order valence-electron chi connectivity index (χ4n) is 2.25. The minimum absolute atomic E-state index is 0. The van der Waals surface area contributed by atoms with Crippen molar-refractivity contribution in [1.82, 2.24) is 10.6 Å². The van der Waals surface area contributed by atoms with Crippen LogP contribution in [0.2, 0.25) is 0 Å². The number of nitrogens with one attached hydrogen (secondary N) is 2. The number of rotatable bonds is 10. The molecule has 0 radical (unpaired) electrons. The molecule has 27 heavy (non-hydrogen) atoms. The Morgan fingerprint density at radius 3 is 2.37 bits per heavy atom. The first-order chi connectivity index (χ1) is 12.8. The van der Waals surface area contributed by atoms with Crippen molar-refractivity contribution in [2.75, 3.05) is 40.5 Å². The zero-order valence-electron chi connectivity index (χ0n) is 15.8. The Kier molecular flexibility index (Phi) is 12.0. The van der Waals surface area contributed by atoms with E-state index in [1.807, 2.05) is 54.6 Å². The van der Waals surface area contributed by atoms with Crippen molar-refractivity contribution >= 4 is 29.9 Å². The Morgan fingerprint density at radius 2 is 1.63 bits per heavy atom. The maximum absolute atomic E-state index is 5.65. The Morgan fingerprint density at radius 1 is 0.889 bits per heavy atom. The molecule has 2 aromatic carbocycles. The second-order valence-electron chi connectivity index (χ2n) is 5.50. The standard InChI is InChI=1S/C20H27N3O3.HI/c1-21-20(22-11-12-25-18-8-4-3-5-9-18)23-16-17-7-6-10-19(15-17)26-14-13-24-2;/h3-10,15H,11-14,16H2,1-2H3,(H2,21,22,23);1H. The van der Waals surface area contributed by atoms with E-state index < -0.39 is 0 Å². The molecule has 0 amide bonds. The average Bonchev–Trinajstić information content (AvgIpc) is 2.69. The molecule has 6 nitrogen and oxygen atoms in total. The molecule has 0 aliphatic carbocycles. The number of benzene rings is 2. The van der Waals surface area contributed by atoms with E-state index in [4.69, 9.17) is 14.2 Å². The number of guanidine groups is 1. The van der Waals surface area contributed by atoms with Crippen molar-refractivity contribution in [2.24, 2.45) is 4.99 Å². The van der Waals surface area contributed by atoms with Gasteiger partial charge in [-0.15, -0.1) is 24.0 Å². The van der Waals surface area contributed by atoms with Gasteiger partial charge in [0.2, 0.25) is 0 Å². The van der Waals surface area contributed by atoms with E-state index in [1.165, 1.54) is 0 Å². The van der Waals surface area contributed by atoms with Crippen LogP contribution in [-0.4, -0.2) is 46.5 Å².